The zero-order valence-electron chi connectivity index (χ0n) is 8.92. The van der Waals surface area contributed by atoms with Crippen LogP contribution in [0.15, 0.2) is 35.3 Å². The van der Waals surface area contributed by atoms with Crippen molar-refractivity contribution in [2.24, 2.45) is 10.4 Å². The van der Waals surface area contributed by atoms with Crippen molar-refractivity contribution in [1.82, 2.24) is 0 Å². The predicted octanol–water partition coefficient (Wildman–Crippen LogP) is 3.87. The maximum atomic E-state index is 6.06. The standard InChI is InChI=1S/C12H16ClN/c1-12(2,3)11(13)14-9-10-7-5-4-6-8-10/h4-8H,9H2,1-3H3/b14-11-. The lowest BCUT2D eigenvalue weighted by atomic mass is 9.99. The normalized spacial score (nSPS) is 13.0. The molecule has 0 saturated carbocycles. The van der Waals surface area contributed by atoms with Crippen LogP contribution in [0.4, 0.5) is 0 Å². The monoisotopic (exact) mass is 209 g/mol. The summed E-state index contributed by atoms with van der Waals surface area (Å²) in [6.07, 6.45) is 0. The van der Waals surface area contributed by atoms with Crippen LogP contribution in [0.1, 0.15) is 26.3 Å². The molecule has 76 valence electrons. The largest absolute Gasteiger partial charge is 0.272 e. The van der Waals surface area contributed by atoms with Gasteiger partial charge < -0.3 is 0 Å². The first-order valence-electron chi connectivity index (χ1n) is 4.74. The molecule has 0 spiro atoms. The van der Waals surface area contributed by atoms with E-state index in [1.54, 1.807) is 0 Å². The fraction of sp³-hybridized carbons (Fsp3) is 0.417. The third kappa shape index (κ3) is 3.51. The lowest BCUT2D eigenvalue weighted by Crippen LogP contribution is -2.14. The smallest absolute Gasteiger partial charge is 0.106 e. The third-order valence-electron chi connectivity index (χ3n) is 1.86. The molecule has 1 aromatic carbocycles. The van der Waals surface area contributed by atoms with E-state index in [1.807, 2.05) is 18.2 Å². The van der Waals surface area contributed by atoms with E-state index in [9.17, 15) is 0 Å². The van der Waals surface area contributed by atoms with E-state index in [1.165, 1.54) is 5.56 Å². The Kier molecular flexibility index (Phi) is 3.70. The van der Waals surface area contributed by atoms with Gasteiger partial charge in [0.15, 0.2) is 0 Å². The van der Waals surface area contributed by atoms with Crippen LogP contribution in [0.25, 0.3) is 0 Å². The van der Waals surface area contributed by atoms with Crippen molar-refractivity contribution in [3.63, 3.8) is 0 Å². The second-order valence-corrected chi connectivity index (χ2v) is 4.70. The first kappa shape index (κ1) is 11.3. The minimum atomic E-state index is -0.0453. The summed E-state index contributed by atoms with van der Waals surface area (Å²) in [6, 6.07) is 10.1. The fourth-order valence-electron chi connectivity index (χ4n) is 0.981. The first-order chi connectivity index (χ1) is 6.50. The van der Waals surface area contributed by atoms with Crippen molar-refractivity contribution in [1.29, 1.82) is 0 Å². The molecule has 0 aliphatic heterocycles. The maximum Gasteiger partial charge on any atom is 0.106 e. The number of hydrogen-bond donors (Lipinski definition) is 0. The van der Waals surface area contributed by atoms with E-state index in [0.717, 1.165) is 0 Å². The number of aliphatic imine (C=N–C) groups is 1. The highest BCUT2D eigenvalue weighted by molar-refractivity contribution is 6.66. The molecular formula is C12H16ClN. The van der Waals surface area contributed by atoms with Crippen LogP contribution < -0.4 is 0 Å². The lowest BCUT2D eigenvalue weighted by molar-refractivity contribution is 0.597. The number of rotatable bonds is 2. The molecule has 1 rings (SSSR count). The highest BCUT2D eigenvalue weighted by Gasteiger charge is 2.15. The van der Waals surface area contributed by atoms with Gasteiger partial charge in [-0.25, -0.2) is 0 Å². The zero-order valence-corrected chi connectivity index (χ0v) is 9.67. The van der Waals surface area contributed by atoms with Gasteiger partial charge in [0, 0.05) is 5.41 Å². The predicted molar refractivity (Wildman–Crippen MR) is 62.9 cm³/mol. The average Bonchev–Trinajstić information content (AvgIpc) is 2.14. The topological polar surface area (TPSA) is 12.4 Å². The highest BCUT2D eigenvalue weighted by atomic mass is 35.5. The van der Waals surface area contributed by atoms with Gasteiger partial charge in [0.05, 0.1) is 6.54 Å². The van der Waals surface area contributed by atoms with Crippen molar-refractivity contribution in [3.05, 3.63) is 35.9 Å². The number of halogens is 1. The van der Waals surface area contributed by atoms with E-state index < -0.39 is 0 Å². The van der Waals surface area contributed by atoms with Crippen molar-refractivity contribution in [3.8, 4) is 0 Å². The summed E-state index contributed by atoms with van der Waals surface area (Å²) in [5.41, 5.74) is 1.14. The van der Waals surface area contributed by atoms with Crippen LogP contribution in [0, 0.1) is 5.41 Å². The Morgan fingerprint density at radius 1 is 1.21 bits per heavy atom. The van der Waals surface area contributed by atoms with Gasteiger partial charge in [-0.2, -0.15) is 0 Å². The van der Waals surface area contributed by atoms with Crippen molar-refractivity contribution < 1.29 is 0 Å². The van der Waals surface area contributed by atoms with Gasteiger partial charge >= 0.3 is 0 Å². The Labute approximate surface area is 90.8 Å². The Morgan fingerprint density at radius 2 is 1.79 bits per heavy atom. The molecule has 0 unspecified atom stereocenters. The van der Waals surface area contributed by atoms with Gasteiger partial charge in [-0.1, -0.05) is 62.7 Å². The van der Waals surface area contributed by atoms with E-state index in [0.29, 0.717) is 11.7 Å². The van der Waals surface area contributed by atoms with E-state index in [-0.39, 0.29) is 5.41 Å². The molecule has 0 atom stereocenters. The van der Waals surface area contributed by atoms with Crippen molar-refractivity contribution in [2.75, 3.05) is 0 Å². The van der Waals surface area contributed by atoms with E-state index in [2.05, 4.69) is 37.9 Å². The molecule has 2 heteroatoms. The fourth-order valence-corrected chi connectivity index (χ4v) is 1.04. The molecule has 0 radical (unpaired) electrons. The van der Waals surface area contributed by atoms with Crippen LogP contribution in [0.2, 0.25) is 0 Å². The van der Waals surface area contributed by atoms with Crippen LogP contribution in [0.5, 0.6) is 0 Å². The van der Waals surface area contributed by atoms with Gasteiger partial charge in [0.25, 0.3) is 0 Å². The molecule has 0 heterocycles. The van der Waals surface area contributed by atoms with Crippen LogP contribution in [-0.4, -0.2) is 5.17 Å². The maximum absolute atomic E-state index is 6.06. The minimum Gasteiger partial charge on any atom is -0.272 e. The molecule has 0 aliphatic carbocycles. The number of benzene rings is 1. The summed E-state index contributed by atoms with van der Waals surface area (Å²) in [7, 11) is 0. The summed E-state index contributed by atoms with van der Waals surface area (Å²) >= 11 is 6.06. The molecule has 0 saturated heterocycles. The molecule has 0 aromatic heterocycles. The Balaban J connectivity index is 2.65. The molecule has 0 bridgehead atoms. The van der Waals surface area contributed by atoms with Crippen molar-refractivity contribution in [2.45, 2.75) is 27.3 Å². The molecule has 0 fully saturated rings. The highest BCUT2D eigenvalue weighted by Crippen LogP contribution is 2.19. The molecule has 0 aliphatic rings. The molecule has 14 heavy (non-hydrogen) atoms. The van der Waals surface area contributed by atoms with Crippen molar-refractivity contribution >= 4 is 16.8 Å². The lowest BCUT2D eigenvalue weighted by Gasteiger charge is -2.15. The Bertz CT molecular complexity index is 309. The van der Waals surface area contributed by atoms with Gasteiger partial charge in [0.2, 0.25) is 0 Å². The molecule has 1 aromatic rings. The molecule has 0 N–H and O–H groups in total. The minimum absolute atomic E-state index is 0.0453. The summed E-state index contributed by atoms with van der Waals surface area (Å²) in [6.45, 7) is 6.84. The zero-order chi connectivity index (χ0) is 10.6. The Hall–Kier alpha value is -0.820. The first-order valence-corrected chi connectivity index (χ1v) is 5.12. The molecular weight excluding hydrogens is 194 g/mol. The number of nitrogens with zero attached hydrogens (tertiary/aromatic N) is 1. The van der Waals surface area contributed by atoms with E-state index >= 15 is 0 Å². The van der Waals surface area contributed by atoms with E-state index in [4.69, 9.17) is 11.6 Å². The summed E-state index contributed by atoms with van der Waals surface area (Å²) in [5, 5.41) is 0.682. The quantitative estimate of drug-likeness (QED) is 0.656. The summed E-state index contributed by atoms with van der Waals surface area (Å²) in [4.78, 5) is 4.35. The second-order valence-electron chi connectivity index (χ2n) is 4.34. The van der Waals surface area contributed by atoms with Gasteiger partial charge in [-0.05, 0) is 5.56 Å². The second kappa shape index (κ2) is 4.61. The van der Waals surface area contributed by atoms with Crippen LogP contribution in [0.3, 0.4) is 0 Å². The van der Waals surface area contributed by atoms with Gasteiger partial charge in [0.1, 0.15) is 5.17 Å². The third-order valence-corrected chi connectivity index (χ3v) is 2.55. The SMILES string of the molecule is CC(C)(C)/C(Cl)=N/Cc1ccccc1. The summed E-state index contributed by atoms with van der Waals surface area (Å²) in [5.74, 6) is 0. The average molecular weight is 210 g/mol. The summed E-state index contributed by atoms with van der Waals surface area (Å²) < 4.78 is 0. The number of hydrogen-bond acceptors (Lipinski definition) is 1. The Morgan fingerprint density at radius 3 is 2.29 bits per heavy atom. The van der Waals surface area contributed by atoms with Crippen LogP contribution in [-0.2, 0) is 6.54 Å². The van der Waals surface area contributed by atoms with Gasteiger partial charge in [-0.15, -0.1) is 0 Å². The van der Waals surface area contributed by atoms with Gasteiger partial charge in [-0.3, -0.25) is 4.99 Å². The molecule has 0 amide bonds. The molecule has 1 nitrogen and oxygen atoms in total. The van der Waals surface area contributed by atoms with Crippen LogP contribution >= 0.6 is 11.6 Å².